The van der Waals surface area contributed by atoms with E-state index in [0.29, 0.717) is 23.6 Å². The summed E-state index contributed by atoms with van der Waals surface area (Å²) in [5, 5.41) is 12.5. The lowest BCUT2D eigenvalue weighted by Gasteiger charge is -2.26. The quantitative estimate of drug-likeness (QED) is 0.327. The molecule has 2 aromatic heterocycles. The molecule has 0 bridgehead atoms. The molecule has 1 fully saturated rings. The zero-order valence-electron chi connectivity index (χ0n) is 18.5. The second kappa shape index (κ2) is 7.43. The van der Waals surface area contributed by atoms with Crippen molar-refractivity contribution < 1.29 is 14.6 Å². The Hall–Kier alpha value is -3.13. The molecule has 2 aromatic carbocycles. The summed E-state index contributed by atoms with van der Waals surface area (Å²) < 4.78 is 15.6. The normalized spacial score (nSPS) is 19.4. The van der Waals surface area contributed by atoms with E-state index in [1.54, 1.807) is 9.13 Å². The van der Waals surface area contributed by atoms with Crippen molar-refractivity contribution in [3.05, 3.63) is 73.9 Å². The Labute approximate surface area is 204 Å². The van der Waals surface area contributed by atoms with Crippen LogP contribution in [0, 0.1) is 0 Å². The molecule has 34 heavy (non-hydrogen) atoms. The van der Waals surface area contributed by atoms with Gasteiger partial charge in [0.15, 0.2) is 11.5 Å². The van der Waals surface area contributed by atoms with Gasteiger partial charge in [-0.25, -0.2) is 4.79 Å². The molecule has 1 saturated carbocycles. The molecule has 174 valence electrons. The summed E-state index contributed by atoms with van der Waals surface area (Å²) in [4.78, 5) is 17.5. The van der Waals surface area contributed by atoms with Gasteiger partial charge in [-0.2, -0.15) is 0 Å². The fourth-order valence-electron chi connectivity index (χ4n) is 6.03. The predicted molar refractivity (Wildman–Crippen MR) is 131 cm³/mol. The molecule has 0 radical (unpaired) electrons. The number of benzene rings is 2. The van der Waals surface area contributed by atoms with Crippen LogP contribution < -0.4 is 15.2 Å². The molecular weight excluding hydrogens is 498 g/mol. The average molecular weight is 522 g/mol. The van der Waals surface area contributed by atoms with Gasteiger partial charge < -0.3 is 19.6 Å². The van der Waals surface area contributed by atoms with E-state index in [-0.39, 0.29) is 24.4 Å². The largest absolute Gasteiger partial charge is 0.493 e. The van der Waals surface area contributed by atoms with Crippen LogP contribution in [0.4, 0.5) is 0 Å². The minimum Gasteiger partial charge on any atom is -0.493 e. The number of imidazole rings is 1. The first-order valence-electron chi connectivity index (χ1n) is 11.8. The van der Waals surface area contributed by atoms with Crippen LogP contribution in [0.5, 0.6) is 17.4 Å². The molecule has 1 atom stereocenters. The molecule has 3 aliphatic rings. The van der Waals surface area contributed by atoms with Crippen molar-refractivity contribution in [1.29, 1.82) is 0 Å². The van der Waals surface area contributed by atoms with Crippen molar-refractivity contribution in [3.8, 4) is 17.4 Å². The maximum Gasteiger partial charge on any atom is 0.332 e. The van der Waals surface area contributed by atoms with Crippen molar-refractivity contribution in [2.45, 2.75) is 50.6 Å². The van der Waals surface area contributed by atoms with E-state index in [9.17, 15) is 9.90 Å². The van der Waals surface area contributed by atoms with Gasteiger partial charge in [0.2, 0.25) is 12.7 Å². The minimum atomic E-state index is -0.400. The van der Waals surface area contributed by atoms with Crippen LogP contribution in [0.25, 0.3) is 10.9 Å². The zero-order chi connectivity index (χ0) is 23.0. The second-order valence-corrected chi connectivity index (χ2v) is 10.4. The highest BCUT2D eigenvalue weighted by Crippen LogP contribution is 2.44. The van der Waals surface area contributed by atoms with E-state index in [0.717, 1.165) is 57.9 Å². The number of fused-ring (bicyclic) bond motifs is 5. The average Bonchev–Trinajstić information content (AvgIpc) is 3.53. The first-order valence-corrected chi connectivity index (χ1v) is 12.6. The van der Waals surface area contributed by atoms with Crippen LogP contribution in [0.1, 0.15) is 66.7 Å². The molecule has 4 heterocycles. The number of rotatable bonds is 2. The fourth-order valence-corrected chi connectivity index (χ4v) is 6.39. The monoisotopic (exact) mass is 521 g/mol. The third kappa shape index (κ3) is 2.84. The van der Waals surface area contributed by atoms with Crippen LogP contribution in [0.15, 0.2) is 45.7 Å². The number of hydrogen-bond acceptors (Lipinski definition) is 4. The highest BCUT2D eigenvalue weighted by molar-refractivity contribution is 9.10. The summed E-state index contributed by atoms with van der Waals surface area (Å²) in [5.74, 6) is 1.49. The Morgan fingerprint density at radius 2 is 1.82 bits per heavy atom. The number of aromatic nitrogens is 3. The van der Waals surface area contributed by atoms with Gasteiger partial charge in [0.25, 0.3) is 0 Å². The summed E-state index contributed by atoms with van der Waals surface area (Å²) in [6.45, 7) is 0.194. The third-order valence-electron chi connectivity index (χ3n) is 7.62. The summed E-state index contributed by atoms with van der Waals surface area (Å²) >= 11 is 3.60. The Morgan fingerprint density at radius 1 is 1.00 bits per heavy atom. The van der Waals surface area contributed by atoms with Crippen molar-refractivity contribution in [2.75, 3.05) is 6.79 Å². The van der Waals surface area contributed by atoms with Crippen molar-refractivity contribution in [1.82, 2.24) is 14.1 Å². The number of hydrogen-bond donors (Lipinski definition) is 2. The molecular formula is C26H24BrN3O4. The molecule has 7 rings (SSSR count). The second-order valence-electron chi connectivity index (χ2n) is 9.48. The van der Waals surface area contributed by atoms with Gasteiger partial charge in [-0.15, -0.1) is 0 Å². The Bertz CT molecular complexity index is 1510. The van der Waals surface area contributed by atoms with Gasteiger partial charge >= 0.3 is 5.69 Å². The lowest BCUT2D eigenvalue weighted by molar-refractivity contribution is 0.174. The summed E-state index contributed by atoms with van der Waals surface area (Å²) in [5.41, 5.74) is 4.54. The van der Waals surface area contributed by atoms with E-state index in [1.807, 2.05) is 30.3 Å². The topological polar surface area (TPSA) is 81.4 Å². The van der Waals surface area contributed by atoms with Crippen LogP contribution in [-0.4, -0.2) is 26.0 Å². The highest BCUT2D eigenvalue weighted by Gasteiger charge is 2.37. The Balaban J connectivity index is 1.49. The molecule has 2 N–H and O–H groups in total. The number of ether oxygens (including phenoxy) is 2. The maximum absolute atomic E-state index is 13.9. The minimum absolute atomic E-state index is 0.0426. The smallest absolute Gasteiger partial charge is 0.332 e. The number of halogens is 1. The number of nitrogens with one attached hydrogen (secondary N) is 1. The zero-order valence-corrected chi connectivity index (χ0v) is 20.1. The molecule has 0 spiro atoms. The van der Waals surface area contributed by atoms with Gasteiger partial charge in [-0.3, -0.25) is 9.13 Å². The molecule has 1 aliphatic carbocycles. The van der Waals surface area contributed by atoms with Crippen molar-refractivity contribution >= 4 is 26.8 Å². The fraction of sp³-hybridized carbons (Fsp3) is 0.346. The lowest BCUT2D eigenvalue weighted by Crippen LogP contribution is -2.34. The van der Waals surface area contributed by atoms with Crippen molar-refractivity contribution in [3.63, 3.8) is 0 Å². The molecule has 8 heteroatoms. The molecule has 2 aliphatic heterocycles. The van der Waals surface area contributed by atoms with E-state index in [1.165, 1.54) is 6.42 Å². The number of aromatic amines is 1. The number of H-pyrrole nitrogens is 1. The third-order valence-corrected chi connectivity index (χ3v) is 8.11. The van der Waals surface area contributed by atoms with Crippen LogP contribution in [0.3, 0.4) is 0 Å². The molecule has 0 amide bonds. The Morgan fingerprint density at radius 3 is 2.68 bits per heavy atom. The van der Waals surface area contributed by atoms with Gasteiger partial charge in [-0.1, -0.05) is 41.3 Å². The first kappa shape index (κ1) is 20.3. The summed E-state index contributed by atoms with van der Waals surface area (Å²) in [6.07, 6.45) is 5.69. The van der Waals surface area contributed by atoms with Gasteiger partial charge in [0, 0.05) is 33.5 Å². The van der Waals surface area contributed by atoms with Gasteiger partial charge in [0.05, 0.1) is 5.69 Å². The highest BCUT2D eigenvalue weighted by atomic mass is 79.9. The number of aromatic hydroxyl groups is 1. The van der Waals surface area contributed by atoms with Crippen LogP contribution >= 0.6 is 15.9 Å². The SMILES string of the molecule is O=c1n(C2CCCCC2)c(O)c2n1C(c1ccc3c(c1)OCO3)c1[nH]c3ccc(Br)cc3c1C2. The van der Waals surface area contributed by atoms with Crippen molar-refractivity contribution in [2.24, 2.45) is 0 Å². The van der Waals surface area contributed by atoms with Crippen LogP contribution in [-0.2, 0) is 6.42 Å². The molecule has 1 unspecified atom stereocenters. The first-order chi connectivity index (χ1) is 16.6. The molecule has 4 aromatic rings. The maximum atomic E-state index is 13.9. The molecule has 0 saturated heterocycles. The lowest BCUT2D eigenvalue weighted by atomic mass is 9.92. The van der Waals surface area contributed by atoms with Gasteiger partial charge in [0.1, 0.15) is 6.04 Å². The Kier molecular flexibility index (Phi) is 4.43. The van der Waals surface area contributed by atoms with Crippen LogP contribution in [0.2, 0.25) is 0 Å². The van der Waals surface area contributed by atoms with E-state index in [2.05, 4.69) is 27.0 Å². The van der Waals surface area contributed by atoms with E-state index in [4.69, 9.17) is 9.47 Å². The van der Waals surface area contributed by atoms with E-state index >= 15 is 0 Å². The summed E-state index contributed by atoms with van der Waals surface area (Å²) in [7, 11) is 0. The number of nitrogens with zero attached hydrogens (tertiary/aromatic N) is 2. The predicted octanol–water partition coefficient (Wildman–Crippen LogP) is 5.38. The standard InChI is InChI=1S/C26H24BrN3O4/c27-15-7-8-19-17(11-15)18-12-20-25(31)29(16-4-2-1-3-5-16)26(32)30(20)24(23(18)28-19)14-6-9-21-22(10-14)34-13-33-21/h6-11,16,24,28,31H,1-5,12-13H2. The summed E-state index contributed by atoms with van der Waals surface area (Å²) in [6, 6.07) is 11.6. The molecule has 7 nitrogen and oxygen atoms in total. The van der Waals surface area contributed by atoms with E-state index < -0.39 is 6.04 Å². The van der Waals surface area contributed by atoms with Gasteiger partial charge in [-0.05, 0) is 54.3 Å².